The van der Waals surface area contributed by atoms with Gasteiger partial charge in [0.05, 0.1) is 16.4 Å². The quantitative estimate of drug-likeness (QED) is 0.555. The van der Waals surface area contributed by atoms with Crippen molar-refractivity contribution in [2.24, 2.45) is 4.99 Å². The number of benzene rings is 1. The van der Waals surface area contributed by atoms with Crippen LogP contribution in [-0.4, -0.2) is 5.16 Å². The van der Waals surface area contributed by atoms with Crippen LogP contribution in [0.3, 0.4) is 0 Å². The first-order valence-corrected chi connectivity index (χ1v) is 4.60. The van der Waals surface area contributed by atoms with E-state index in [1.807, 2.05) is 5.16 Å². The van der Waals surface area contributed by atoms with Gasteiger partial charge in [-0.25, -0.2) is 0 Å². The van der Waals surface area contributed by atoms with Gasteiger partial charge in [-0.3, -0.25) is 0 Å². The molecular weight excluding hydrogens is 279 g/mol. The Balaban J connectivity index is 3.28. The Bertz CT molecular complexity index is 396. The number of isothiocyanates is 1. The summed E-state index contributed by atoms with van der Waals surface area (Å²) >= 11 is 7.10. The second-order valence-electron chi connectivity index (χ2n) is 2.36. The molecule has 0 amide bonds. The summed E-state index contributed by atoms with van der Waals surface area (Å²) < 4.78 is 37.0. The number of thiocarbonyl (C=S) groups is 1. The lowest BCUT2D eigenvalue weighted by atomic mass is 10.2. The number of alkyl halides is 3. The number of rotatable bonds is 1. The van der Waals surface area contributed by atoms with E-state index >= 15 is 0 Å². The molecule has 0 saturated carbocycles. The Morgan fingerprint density at radius 2 is 2.00 bits per heavy atom. The fourth-order valence-electron chi connectivity index (χ4n) is 0.853. The van der Waals surface area contributed by atoms with E-state index in [0.717, 1.165) is 6.07 Å². The highest BCUT2D eigenvalue weighted by atomic mass is 79.9. The predicted octanol–water partition coefficient (Wildman–Crippen LogP) is 4.20. The van der Waals surface area contributed by atoms with Crippen molar-refractivity contribution in [2.75, 3.05) is 0 Å². The highest BCUT2D eigenvalue weighted by Gasteiger charge is 2.33. The molecule has 0 radical (unpaired) electrons. The molecule has 1 aromatic rings. The van der Waals surface area contributed by atoms with Crippen molar-refractivity contribution < 1.29 is 13.2 Å². The van der Waals surface area contributed by atoms with Crippen LogP contribution in [0.2, 0.25) is 0 Å². The Labute approximate surface area is 91.8 Å². The maximum absolute atomic E-state index is 12.4. The maximum Gasteiger partial charge on any atom is 0.417 e. The van der Waals surface area contributed by atoms with Crippen molar-refractivity contribution >= 4 is 39.0 Å². The Morgan fingerprint density at radius 3 is 2.50 bits per heavy atom. The van der Waals surface area contributed by atoms with Gasteiger partial charge in [0.2, 0.25) is 0 Å². The van der Waals surface area contributed by atoms with E-state index in [2.05, 4.69) is 33.1 Å². The van der Waals surface area contributed by atoms with Crippen molar-refractivity contribution in [1.29, 1.82) is 0 Å². The standard InChI is InChI=1S/C8H3BrF3NS/c9-7-2-1-5(13-4-14)3-6(7)8(10,11)12/h1-3H. The lowest BCUT2D eigenvalue weighted by Gasteiger charge is -2.08. The number of nitrogens with zero attached hydrogens (tertiary/aromatic N) is 1. The van der Waals surface area contributed by atoms with Crippen molar-refractivity contribution in [3.8, 4) is 0 Å². The van der Waals surface area contributed by atoms with Gasteiger partial charge in [0.1, 0.15) is 0 Å². The minimum absolute atomic E-state index is 0.0201. The van der Waals surface area contributed by atoms with E-state index in [-0.39, 0.29) is 10.2 Å². The maximum atomic E-state index is 12.4. The summed E-state index contributed by atoms with van der Waals surface area (Å²) in [7, 11) is 0. The molecule has 1 rings (SSSR count). The van der Waals surface area contributed by atoms with Crippen LogP contribution >= 0.6 is 28.1 Å². The minimum Gasteiger partial charge on any atom is -0.195 e. The fraction of sp³-hybridized carbons (Fsp3) is 0.125. The largest absolute Gasteiger partial charge is 0.417 e. The molecule has 1 nitrogen and oxygen atoms in total. The van der Waals surface area contributed by atoms with Crippen molar-refractivity contribution in [3.63, 3.8) is 0 Å². The molecule has 0 aliphatic rings. The molecule has 0 fully saturated rings. The minimum atomic E-state index is -4.40. The van der Waals surface area contributed by atoms with E-state index in [1.165, 1.54) is 12.1 Å². The lowest BCUT2D eigenvalue weighted by molar-refractivity contribution is -0.138. The summed E-state index contributed by atoms with van der Waals surface area (Å²) in [6.45, 7) is 0. The van der Waals surface area contributed by atoms with Gasteiger partial charge in [-0.15, -0.1) is 0 Å². The van der Waals surface area contributed by atoms with E-state index in [9.17, 15) is 13.2 Å². The summed E-state index contributed by atoms with van der Waals surface area (Å²) in [6.07, 6.45) is -4.40. The average Bonchev–Trinajstić information content (AvgIpc) is 2.07. The molecule has 0 atom stereocenters. The van der Waals surface area contributed by atoms with Crippen molar-refractivity contribution in [1.82, 2.24) is 0 Å². The van der Waals surface area contributed by atoms with Gasteiger partial charge in [0, 0.05) is 4.47 Å². The molecule has 0 N–H and O–H groups in total. The summed E-state index contributed by atoms with van der Waals surface area (Å²) in [5.74, 6) is 0. The van der Waals surface area contributed by atoms with Crippen LogP contribution in [0, 0.1) is 0 Å². The molecule has 0 bridgehead atoms. The summed E-state index contributed by atoms with van der Waals surface area (Å²) in [5, 5.41) is 2.01. The number of hydrogen-bond acceptors (Lipinski definition) is 2. The summed E-state index contributed by atoms with van der Waals surface area (Å²) in [4.78, 5) is 3.47. The van der Waals surface area contributed by atoms with Crippen LogP contribution in [0.25, 0.3) is 0 Å². The lowest BCUT2D eigenvalue weighted by Crippen LogP contribution is -2.05. The average molecular weight is 282 g/mol. The first kappa shape index (κ1) is 11.4. The zero-order chi connectivity index (χ0) is 10.8. The number of aliphatic imine (C=N–C) groups is 1. The zero-order valence-corrected chi connectivity index (χ0v) is 9.00. The highest BCUT2D eigenvalue weighted by molar-refractivity contribution is 9.10. The molecule has 0 heterocycles. The fourth-order valence-corrected chi connectivity index (χ4v) is 1.43. The van der Waals surface area contributed by atoms with E-state index in [0.29, 0.717) is 0 Å². The molecule has 0 spiro atoms. The van der Waals surface area contributed by atoms with Crippen LogP contribution in [0.1, 0.15) is 5.56 Å². The Hall–Kier alpha value is -0.710. The van der Waals surface area contributed by atoms with Crippen molar-refractivity contribution in [3.05, 3.63) is 28.2 Å². The molecular formula is C8H3BrF3NS. The summed E-state index contributed by atoms with van der Waals surface area (Å²) in [6, 6.07) is 3.59. The van der Waals surface area contributed by atoms with Crippen LogP contribution in [0.5, 0.6) is 0 Å². The van der Waals surface area contributed by atoms with Gasteiger partial charge in [0.25, 0.3) is 0 Å². The molecule has 0 unspecified atom stereocenters. The molecule has 74 valence electrons. The van der Waals surface area contributed by atoms with Crippen LogP contribution in [-0.2, 0) is 6.18 Å². The van der Waals surface area contributed by atoms with Crippen molar-refractivity contribution in [2.45, 2.75) is 6.18 Å². The second kappa shape index (κ2) is 4.21. The smallest absolute Gasteiger partial charge is 0.195 e. The van der Waals surface area contributed by atoms with Crippen LogP contribution in [0.4, 0.5) is 18.9 Å². The molecule has 0 saturated heterocycles. The van der Waals surface area contributed by atoms with E-state index in [1.54, 1.807) is 0 Å². The molecule has 14 heavy (non-hydrogen) atoms. The first-order valence-electron chi connectivity index (χ1n) is 3.40. The summed E-state index contributed by atoms with van der Waals surface area (Å²) in [5.41, 5.74) is -0.639. The van der Waals surface area contributed by atoms with E-state index < -0.39 is 11.7 Å². The molecule has 0 aromatic heterocycles. The van der Waals surface area contributed by atoms with Gasteiger partial charge in [-0.1, -0.05) is 15.9 Å². The van der Waals surface area contributed by atoms with Gasteiger partial charge in [-0.05, 0) is 30.4 Å². The number of hydrogen-bond donors (Lipinski definition) is 0. The first-order chi connectivity index (χ1) is 6.45. The normalized spacial score (nSPS) is 10.9. The second-order valence-corrected chi connectivity index (χ2v) is 3.40. The highest BCUT2D eigenvalue weighted by Crippen LogP contribution is 2.36. The molecule has 0 aliphatic carbocycles. The zero-order valence-electron chi connectivity index (χ0n) is 6.60. The predicted molar refractivity (Wildman–Crippen MR) is 53.8 cm³/mol. The molecule has 1 aromatic carbocycles. The third-order valence-corrected chi connectivity index (χ3v) is 2.21. The van der Waals surface area contributed by atoms with E-state index in [4.69, 9.17) is 0 Å². The molecule has 6 heteroatoms. The topological polar surface area (TPSA) is 12.4 Å². The van der Waals surface area contributed by atoms with Crippen LogP contribution < -0.4 is 0 Å². The third kappa shape index (κ3) is 2.64. The Kier molecular flexibility index (Phi) is 3.42. The number of halogens is 4. The monoisotopic (exact) mass is 281 g/mol. The van der Waals surface area contributed by atoms with Gasteiger partial charge >= 0.3 is 6.18 Å². The van der Waals surface area contributed by atoms with Gasteiger partial charge < -0.3 is 0 Å². The van der Waals surface area contributed by atoms with Gasteiger partial charge in [-0.2, -0.15) is 18.2 Å². The van der Waals surface area contributed by atoms with Crippen LogP contribution in [0.15, 0.2) is 27.7 Å². The Morgan fingerprint density at radius 1 is 1.36 bits per heavy atom. The SMILES string of the molecule is FC(F)(F)c1cc(N=C=S)ccc1Br. The molecule has 0 aliphatic heterocycles. The van der Waals surface area contributed by atoms with Gasteiger partial charge in [0.15, 0.2) is 0 Å². The third-order valence-electron chi connectivity index (χ3n) is 1.43.